The van der Waals surface area contributed by atoms with Crippen molar-refractivity contribution < 1.29 is 27.5 Å². The van der Waals surface area contributed by atoms with Gasteiger partial charge in [0.25, 0.3) is 5.91 Å². The van der Waals surface area contributed by atoms with E-state index in [0.717, 1.165) is 30.7 Å². The van der Waals surface area contributed by atoms with Crippen LogP contribution in [-0.2, 0) is 11.0 Å². The van der Waals surface area contributed by atoms with Gasteiger partial charge in [0.2, 0.25) is 11.8 Å². The summed E-state index contributed by atoms with van der Waals surface area (Å²) in [6.45, 7) is 0.931. The number of carbonyl (C=O) groups excluding carboxylic acids is 2. The van der Waals surface area contributed by atoms with E-state index in [9.17, 15) is 22.8 Å². The molecule has 0 bridgehead atoms. The second kappa shape index (κ2) is 8.31. The van der Waals surface area contributed by atoms with E-state index in [1.54, 1.807) is 17.3 Å². The Morgan fingerprint density at radius 2 is 1.82 bits per heavy atom. The average molecular weight is 460 g/mol. The number of hydrogen-bond acceptors (Lipinski definition) is 5. The van der Waals surface area contributed by atoms with Crippen molar-refractivity contribution in [3.63, 3.8) is 0 Å². The zero-order chi connectivity index (χ0) is 23.2. The third-order valence-electron chi connectivity index (χ3n) is 6.40. The van der Waals surface area contributed by atoms with Crippen LogP contribution in [0.25, 0.3) is 0 Å². The monoisotopic (exact) mass is 460 g/mol. The van der Waals surface area contributed by atoms with Crippen LogP contribution in [0.2, 0.25) is 0 Å². The van der Waals surface area contributed by atoms with Crippen molar-refractivity contribution in [1.82, 2.24) is 19.8 Å². The third-order valence-corrected chi connectivity index (χ3v) is 6.40. The van der Waals surface area contributed by atoms with E-state index in [4.69, 9.17) is 4.74 Å². The topological polar surface area (TPSA) is 75.6 Å². The van der Waals surface area contributed by atoms with Gasteiger partial charge in [0.05, 0.1) is 36.2 Å². The van der Waals surface area contributed by atoms with Crippen molar-refractivity contribution in [2.45, 2.75) is 49.9 Å². The average Bonchev–Trinajstić information content (AvgIpc) is 3.59. The number of aromatic nitrogens is 2. The largest absolute Gasteiger partial charge is 0.471 e. The van der Waals surface area contributed by atoms with Gasteiger partial charge in [0, 0.05) is 37.4 Å². The molecular weight excluding hydrogens is 437 g/mol. The second-order valence-electron chi connectivity index (χ2n) is 8.81. The number of amides is 2. The molecule has 2 aromatic rings. The smallest absolute Gasteiger partial charge is 0.416 e. The van der Waals surface area contributed by atoms with Gasteiger partial charge in [-0.05, 0) is 37.1 Å². The lowest BCUT2D eigenvalue weighted by molar-refractivity contribution is -0.137. The van der Waals surface area contributed by atoms with Gasteiger partial charge < -0.3 is 14.5 Å². The molecule has 0 spiro atoms. The van der Waals surface area contributed by atoms with Crippen molar-refractivity contribution in [3.05, 3.63) is 53.5 Å². The van der Waals surface area contributed by atoms with Crippen LogP contribution >= 0.6 is 0 Å². The fourth-order valence-electron chi connectivity index (χ4n) is 4.47. The maximum Gasteiger partial charge on any atom is 0.416 e. The molecule has 2 amide bonds. The van der Waals surface area contributed by atoms with E-state index in [-0.39, 0.29) is 42.5 Å². The highest BCUT2D eigenvalue weighted by molar-refractivity contribution is 5.94. The molecule has 1 aliphatic carbocycles. The minimum absolute atomic E-state index is 0.0658. The standard InChI is InChI=1S/C23H23F3N4O3/c24-23(25,26)16-5-3-15(4-6-16)22(32)29-8-7-21(31)30-13-18(9-17(30)12-29)33-20-11-27-19(10-28-20)14-1-2-14/h3-6,10-11,14,17-18H,1-2,7-9,12-13H2/t17-,18-/m0/s1. The normalized spacial score (nSPS) is 23.3. The van der Waals surface area contributed by atoms with Crippen molar-refractivity contribution in [2.75, 3.05) is 19.6 Å². The molecule has 2 atom stereocenters. The summed E-state index contributed by atoms with van der Waals surface area (Å²) >= 11 is 0. The zero-order valence-corrected chi connectivity index (χ0v) is 17.8. The molecule has 0 unspecified atom stereocenters. The molecule has 1 aromatic carbocycles. The molecule has 2 saturated heterocycles. The minimum Gasteiger partial charge on any atom is -0.471 e. The van der Waals surface area contributed by atoms with E-state index >= 15 is 0 Å². The van der Waals surface area contributed by atoms with Gasteiger partial charge in [0.15, 0.2) is 0 Å². The number of rotatable bonds is 4. The molecule has 10 heteroatoms. The number of carbonyl (C=O) groups is 2. The summed E-state index contributed by atoms with van der Waals surface area (Å²) in [5.74, 6) is 0.460. The quantitative estimate of drug-likeness (QED) is 0.700. The minimum atomic E-state index is -4.46. The fraction of sp³-hybridized carbons (Fsp3) is 0.478. The zero-order valence-electron chi connectivity index (χ0n) is 17.8. The predicted molar refractivity (Wildman–Crippen MR) is 111 cm³/mol. The van der Waals surface area contributed by atoms with E-state index in [1.165, 1.54) is 17.0 Å². The van der Waals surface area contributed by atoms with Crippen LogP contribution < -0.4 is 4.74 Å². The molecule has 0 N–H and O–H groups in total. The highest BCUT2D eigenvalue weighted by atomic mass is 19.4. The Morgan fingerprint density at radius 1 is 1.06 bits per heavy atom. The van der Waals surface area contributed by atoms with Crippen LogP contribution in [0.3, 0.4) is 0 Å². The van der Waals surface area contributed by atoms with E-state index in [1.807, 2.05) is 0 Å². The van der Waals surface area contributed by atoms with Gasteiger partial charge in [-0.15, -0.1) is 0 Å². The Hall–Kier alpha value is -3.17. The number of alkyl halides is 3. The van der Waals surface area contributed by atoms with E-state index in [2.05, 4.69) is 9.97 Å². The number of hydrogen-bond donors (Lipinski definition) is 0. The summed E-state index contributed by atoms with van der Waals surface area (Å²) in [4.78, 5) is 37.6. The molecule has 3 aliphatic rings. The van der Waals surface area contributed by atoms with Crippen LogP contribution in [-0.4, -0.2) is 63.4 Å². The lowest BCUT2D eigenvalue weighted by Gasteiger charge is -2.25. The fourth-order valence-corrected chi connectivity index (χ4v) is 4.47. The second-order valence-corrected chi connectivity index (χ2v) is 8.81. The van der Waals surface area contributed by atoms with Crippen LogP contribution in [0, 0.1) is 0 Å². The van der Waals surface area contributed by atoms with Gasteiger partial charge in [0.1, 0.15) is 6.10 Å². The molecule has 3 fully saturated rings. The van der Waals surface area contributed by atoms with Gasteiger partial charge >= 0.3 is 6.18 Å². The van der Waals surface area contributed by atoms with Crippen LogP contribution in [0.5, 0.6) is 5.88 Å². The predicted octanol–water partition coefficient (Wildman–Crippen LogP) is 3.27. The lowest BCUT2D eigenvalue weighted by atomic mass is 10.1. The first-order valence-corrected chi connectivity index (χ1v) is 11.0. The van der Waals surface area contributed by atoms with Crippen LogP contribution in [0.1, 0.15) is 53.2 Å². The molecule has 1 saturated carbocycles. The number of ether oxygens (including phenoxy) is 1. The summed E-state index contributed by atoms with van der Waals surface area (Å²) in [5.41, 5.74) is 0.330. The highest BCUT2D eigenvalue weighted by Crippen LogP contribution is 2.38. The maximum absolute atomic E-state index is 12.9. The lowest BCUT2D eigenvalue weighted by Crippen LogP contribution is -2.40. The van der Waals surface area contributed by atoms with E-state index < -0.39 is 11.7 Å². The van der Waals surface area contributed by atoms with Crippen molar-refractivity contribution in [2.24, 2.45) is 0 Å². The Labute approximate surface area is 188 Å². The molecular formula is C23H23F3N4O3. The summed E-state index contributed by atoms with van der Waals surface area (Å²) in [7, 11) is 0. The number of benzene rings is 1. The van der Waals surface area contributed by atoms with Crippen LogP contribution in [0.4, 0.5) is 13.2 Å². The van der Waals surface area contributed by atoms with Gasteiger partial charge in [-0.2, -0.15) is 13.2 Å². The first kappa shape index (κ1) is 21.7. The van der Waals surface area contributed by atoms with Gasteiger partial charge in [-0.25, -0.2) is 4.98 Å². The molecule has 33 heavy (non-hydrogen) atoms. The van der Waals surface area contributed by atoms with Crippen molar-refractivity contribution in [3.8, 4) is 5.88 Å². The van der Waals surface area contributed by atoms with Gasteiger partial charge in [-0.1, -0.05) is 0 Å². The van der Waals surface area contributed by atoms with Crippen molar-refractivity contribution in [1.29, 1.82) is 0 Å². The third kappa shape index (κ3) is 4.65. The molecule has 5 rings (SSSR count). The molecule has 3 heterocycles. The van der Waals surface area contributed by atoms with Crippen molar-refractivity contribution >= 4 is 11.8 Å². The number of nitrogens with zero attached hydrogens (tertiary/aromatic N) is 4. The maximum atomic E-state index is 12.9. The Bertz CT molecular complexity index is 1040. The van der Waals surface area contributed by atoms with Gasteiger partial charge in [-0.3, -0.25) is 14.6 Å². The molecule has 1 aromatic heterocycles. The summed E-state index contributed by atoms with van der Waals surface area (Å²) < 4.78 is 44.4. The Kier molecular flexibility index (Phi) is 5.46. The first-order valence-electron chi connectivity index (χ1n) is 11.0. The Morgan fingerprint density at radius 3 is 2.45 bits per heavy atom. The van der Waals surface area contributed by atoms with E-state index in [0.29, 0.717) is 31.3 Å². The molecule has 174 valence electrons. The Balaban J connectivity index is 1.24. The molecule has 2 aliphatic heterocycles. The number of halogens is 3. The summed E-state index contributed by atoms with van der Waals surface area (Å²) in [6.07, 6.45) is 1.59. The SMILES string of the molecule is O=C(c1ccc(C(F)(F)F)cc1)N1CCC(=O)N2C[C@@H](Oc3cnc(C4CC4)cn3)C[C@H]2C1. The molecule has 7 nitrogen and oxygen atoms in total. The van der Waals surface area contributed by atoms with Crippen LogP contribution in [0.15, 0.2) is 36.7 Å². The highest BCUT2D eigenvalue weighted by Gasteiger charge is 2.40. The summed E-state index contributed by atoms with van der Waals surface area (Å²) in [5, 5.41) is 0. The molecule has 0 radical (unpaired) electrons. The summed E-state index contributed by atoms with van der Waals surface area (Å²) in [6, 6.07) is 3.94. The first-order chi connectivity index (χ1) is 15.8. The number of fused-ring (bicyclic) bond motifs is 1.